The monoisotopic (exact) mass is 191 g/mol. The summed E-state index contributed by atoms with van der Waals surface area (Å²) in [6.45, 7) is 2.74. The molecule has 0 amide bonds. The Morgan fingerprint density at radius 1 is 1.36 bits per heavy atom. The van der Waals surface area contributed by atoms with Crippen LogP contribution in [0.5, 0.6) is 5.75 Å². The molecule has 0 aliphatic heterocycles. The lowest BCUT2D eigenvalue weighted by Gasteiger charge is -2.04. The molecule has 1 aliphatic rings. The molecule has 0 aromatic heterocycles. The van der Waals surface area contributed by atoms with E-state index in [9.17, 15) is 0 Å². The molecule has 1 aromatic carbocycles. The molecule has 76 valence electrons. The van der Waals surface area contributed by atoms with Crippen LogP contribution in [0, 0.1) is 0 Å². The Balaban J connectivity index is 2.00. The Kier molecular flexibility index (Phi) is 2.73. The van der Waals surface area contributed by atoms with E-state index >= 15 is 0 Å². The van der Waals surface area contributed by atoms with Gasteiger partial charge in [0.1, 0.15) is 5.75 Å². The zero-order valence-corrected chi connectivity index (χ0v) is 8.79. The first kappa shape index (κ1) is 9.53. The maximum Gasteiger partial charge on any atom is 0.119 e. The average Bonchev–Trinajstić information content (AvgIpc) is 2.99. The van der Waals surface area contributed by atoms with Gasteiger partial charge >= 0.3 is 0 Å². The van der Waals surface area contributed by atoms with Crippen LogP contribution in [0.4, 0.5) is 0 Å². The highest BCUT2D eigenvalue weighted by molar-refractivity contribution is 5.33. The second-order valence-corrected chi connectivity index (χ2v) is 3.74. The summed E-state index contributed by atoms with van der Waals surface area (Å²) < 4.78 is 5.40. The summed E-state index contributed by atoms with van der Waals surface area (Å²) in [5, 5.41) is 3.30. The predicted molar refractivity (Wildman–Crippen MR) is 57.8 cm³/mol. The van der Waals surface area contributed by atoms with E-state index in [4.69, 9.17) is 4.74 Å². The molecule has 1 aromatic rings. The van der Waals surface area contributed by atoms with Crippen LogP contribution in [-0.4, -0.2) is 19.7 Å². The Morgan fingerprint density at radius 2 is 2.07 bits per heavy atom. The molecule has 0 heterocycles. The van der Waals surface area contributed by atoms with E-state index in [-0.39, 0.29) is 0 Å². The number of hydrogen-bond donors (Lipinski definition) is 1. The third kappa shape index (κ3) is 1.90. The second kappa shape index (κ2) is 4.01. The minimum absolute atomic E-state index is 0.688. The van der Waals surface area contributed by atoms with E-state index in [1.165, 1.54) is 12.0 Å². The zero-order chi connectivity index (χ0) is 9.97. The molecular weight excluding hydrogens is 174 g/mol. The van der Waals surface area contributed by atoms with Crippen molar-refractivity contribution >= 4 is 0 Å². The van der Waals surface area contributed by atoms with Gasteiger partial charge in [0.15, 0.2) is 0 Å². The lowest BCUT2D eigenvalue weighted by Crippen LogP contribution is -2.10. The molecule has 0 saturated heterocycles. The number of likely N-dealkylation sites (N-methyl/N-ethyl adjacent to an activating group) is 1. The van der Waals surface area contributed by atoms with Crippen molar-refractivity contribution in [2.24, 2.45) is 0 Å². The Morgan fingerprint density at radius 3 is 2.57 bits per heavy atom. The van der Waals surface area contributed by atoms with Gasteiger partial charge in [-0.2, -0.15) is 0 Å². The summed E-state index contributed by atoms with van der Waals surface area (Å²) in [7, 11) is 2.03. The minimum atomic E-state index is 0.688. The van der Waals surface area contributed by atoms with Gasteiger partial charge in [-0.15, -0.1) is 0 Å². The van der Waals surface area contributed by atoms with Crippen LogP contribution in [-0.2, 0) is 0 Å². The fourth-order valence-electron chi connectivity index (χ4n) is 1.86. The number of rotatable bonds is 4. The van der Waals surface area contributed by atoms with Crippen molar-refractivity contribution in [1.29, 1.82) is 0 Å². The molecule has 2 rings (SSSR count). The van der Waals surface area contributed by atoms with E-state index in [0.717, 1.165) is 18.3 Å². The summed E-state index contributed by atoms with van der Waals surface area (Å²) in [6.07, 6.45) is 1.27. The first-order valence-corrected chi connectivity index (χ1v) is 5.25. The summed E-state index contributed by atoms with van der Waals surface area (Å²) in [4.78, 5) is 0. The predicted octanol–water partition coefficient (Wildman–Crippen LogP) is 2.16. The lowest BCUT2D eigenvalue weighted by molar-refractivity contribution is 0.340. The highest BCUT2D eigenvalue weighted by Crippen LogP contribution is 2.40. The average molecular weight is 191 g/mol. The van der Waals surface area contributed by atoms with Crippen LogP contribution >= 0.6 is 0 Å². The van der Waals surface area contributed by atoms with Gasteiger partial charge in [-0.1, -0.05) is 12.1 Å². The van der Waals surface area contributed by atoms with Crippen LogP contribution in [0.1, 0.15) is 24.8 Å². The quantitative estimate of drug-likeness (QED) is 0.787. The standard InChI is InChI=1S/C12H17NO/c1-3-14-10-6-4-9(5-7-10)11-8-12(11)13-2/h4-7,11-13H,3,8H2,1-2H3. The molecule has 1 aliphatic carbocycles. The third-order valence-corrected chi connectivity index (χ3v) is 2.78. The normalized spacial score (nSPS) is 24.7. The van der Waals surface area contributed by atoms with Gasteiger partial charge in [-0.05, 0) is 38.1 Å². The molecule has 1 fully saturated rings. The van der Waals surface area contributed by atoms with Crippen LogP contribution < -0.4 is 10.1 Å². The Bertz CT molecular complexity index is 294. The number of nitrogens with one attached hydrogen (secondary N) is 1. The van der Waals surface area contributed by atoms with Crippen LogP contribution in [0.15, 0.2) is 24.3 Å². The molecule has 0 spiro atoms. The van der Waals surface area contributed by atoms with Gasteiger partial charge in [0.05, 0.1) is 6.61 Å². The van der Waals surface area contributed by atoms with Crippen molar-refractivity contribution in [2.75, 3.05) is 13.7 Å². The molecule has 2 heteroatoms. The highest BCUT2D eigenvalue weighted by Gasteiger charge is 2.36. The van der Waals surface area contributed by atoms with E-state index in [0.29, 0.717) is 6.04 Å². The number of hydrogen-bond acceptors (Lipinski definition) is 2. The molecule has 14 heavy (non-hydrogen) atoms. The van der Waals surface area contributed by atoms with Crippen LogP contribution in [0.3, 0.4) is 0 Å². The molecule has 1 N–H and O–H groups in total. The fourth-order valence-corrected chi connectivity index (χ4v) is 1.86. The van der Waals surface area contributed by atoms with Crippen molar-refractivity contribution in [3.8, 4) is 5.75 Å². The van der Waals surface area contributed by atoms with E-state index in [1.54, 1.807) is 0 Å². The first-order valence-electron chi connectivity index (χ1n) is 5.25. The molecule has 2 nitrogen and oxygen atoms in total. The second-order valence-electron chi connectivity index (χ2n) is 3.74. The molecule has 2 atom stereocenters. The topological polar surface area (TPSA) is 21.3 Å². The molecule has 2 unspecified atom stereocenters. The fraction of sp³-hybridized carbons (Fsp3) is 0.500. The molecular formula is C12H17NO. The smallest absolute Gasteiger partial charge is 0.119 e. The van der Waals surface area contributed by atoms with Gasteiger partial charge in [-0.3, -0.25) is 0 Å². The summed E-state index contributed by atoms with van der Waals surface area (Å²) in [5.74, 6) is 1.69. The summed E-state index contributed by atoms with van der Waals surface area (Å²) >= 11 is 0. The van der Waals surface area contributed by atoms with Crippen molar-refractivity contribution in [3.63, 3.8) is 0 Å². The maximum atomic E-state index is 5.40. The maximum absolute atomic E-state index is 5.40. The Hall–Kier alpha value is -1.02. The van der Waals surface area contributed by atoms with Crippen LogP contribution in [0.25, 0.3) is 0 Å². The third-order valence-electron chi connectivity index (χ3n) is 2.78. The number of benzene rings is 1. The van der Waals surface area contributed by atoms with E-state index in [1.807, 2.05) is 14.0 Å². The van der Waals surface area contributed by atoms with Crippen molar-refractivity contribution in [2.45, 2.75) is 25.3 Å². The SMILES string of the molecule is CCOc1ccc(C2CC2NC)cc1. The van der Waals surface area contributed by atoms with E-state index in [2.05, 4.69) is 29.6 Å². The highest BCUT2D eigenvalue weighted by atomic mass is 16.5. The summed E-state index contributed by atoms with van der Waals surface area (Å²) in [5.41, 5.74) is 1.42. The van der Waals surface area contributed by atoms with Crippen molar-refractivity contribution in [1.82, 2.24) is 5.32 Å². The zero-order valence-electron chi connectivity index (χ0n) is 8.79. The van der Waals surface area contributed by atoms with Gasteiger partial charge in [-0.25, -0.2) is 0 Å². The first-order chi connectivity index (χ1) is 6.85. The van der Waals surface area contributed by atoms with Crippen LogP contribution in [0.2, 0.25) is 0 Å². The minimum Gasteiger partial charge on any atom is -0.494 e. The lowest BCUT2D eigenvalue weighted by atomic mass is 10.1. The van der Waals surface area contributed by atoms with Gasteiger partial charge in [0.2, 0.25) is 0 Å². The molecule has 1 saturated carbocycles. The van der Waals surface area contributed by atoms with Gasteiger partial charge in [0, 0.05) is 12.0 Å². The largest absolute Gasteiger partial charge is 0.494 e. The van der Waals surface area contributed by atoms with Gasteiger partial charge < -0.3 is 10.1 Å². The molecule has 0 bridgehead atoms. The number of ether oxygens (including phenoxy) is 1. The summed E-state index contributed by atoms with van der Waals surface area (Å²) in [6, 6.07) is 9.15. The van der Waals surface area contributed by atoms with Crippen molar-refractivity contribution < 1.29 is 4.74 Å². The van der Waals surface area contributed by atoms with Crippen molar-refractivity contribution in [3.05, 3.63) is 29.8 Å². The van der Waals surface area contributed by atoms with Gasteiger partial charge in [0.25, 0.3) is 0 Å². The Labute approximate surface area is 85.3 Å². The van der Waals surface area contributed by atoms with E-state index < -0.39 is 0 Å². The molecule has 0 radical (unpaired) electrons.